The summed E-state index contributed by atoms with van der Waals surface area (Å²) in [7, 11) is 0. The van der Waals surface area contributed by atoms with Crippen LogP contribution in [0, 0.1) is 23.4 Å². The number of carbonyl (C=O) groups excluding carboxylic acids is 2. The van der Waals surface area contributed by atoms with Gasteiger partial charge in [-0.3, -0.25) is 19.7 Å². The lowest BCUT2D eigenvalue weighted by atomic mass is 9.98. The summed E-state index contributed by atoms with van der Waals surface area (Å²) in [5.41, 5.74) is 5.68. The van der Waals surface area contributed by atoms with Crippen molar-refractivity contribution in [1.82, 2.24) is 15.5 Å². The Kier molecular flexibility index (Phi) is 10.4. The molecule has 0 aliphatic carbocycles. The van der Waals surface area contributed by atoms with E-state index in [0.29, 0.717) is 18.6 Å². The lowest BCUT2D eigenvalue weighted by molar-refractivity contribution is -0.149. The number of nitrogens with two attached hydrogens (primary N) is 1. The van der Waals surface area contributed by atoms with Crippen molar-refractivity contribution in [1.29, 1.82) is 0 Å². The number of nitrogens with one attached hydrogen (secondary N) is 2. The Bertz CT molecular complexity index is 1030. The van der Waals surface area contributed by atoms with Gasteiger partial charge in [-0.15, -0.1) is 0 Å². The highest BCUT2D eigenvalue weighted by Gasteiger charge is 2.42. The molecule has 1 heterocycles. The SMILES string of the molecule is CC[C@H](C)C(N[C@@H](C)C(=O)N1C[C@@H](NC(=O)C[C@H](N)Cc2cc(F)c(F)cc2F)C[C@H]1C(=O)O)C(=O)O. The molecule has 37 heavy (non-hydrogen) atoms. The zero-order valence-electron chi connectivity index (χ0n) is 20.8. The summed E-state index contributed by atoms with van der Waals surface area (Å²) in [6.45, 7) is 4.85. The van der Waals surface area contributed by atoms with E-state index in [1.54, 1.807) is 6.92 Å². The minimum Gasteiger partial charge on any atom is -0.480 e. The molecule has 0 aromatic heterocycles. The standard InChI is InChI=1S/C24H33F3N4O6/c1-4-11(2)21(24(36)37)29-12(3)22(33)31-10-15(8-19(31)23(34)35)30-20(32)7-14(28)5-13-6-17(26)18(27)9-16(13)25/h6,9,11-12,14-15,19,21,29H,4-5,7-8,10,28H2,1-3H3,(H,30,32)(H,34,35)(H,36,37)/t11-,12-,14+,15-,19-,21?/m0/s1. The van der Waals surface area contributed by atoms with Crippen molar-refractivity contribution >= 4 is 23.8 Å². The van der Waals surface area contributed by atoms with Crippen molar-refractivity contribution in [2.45, 2.75) is 76.7 Å². The van der Waals surface area contributed by atoms with Crippen LogP contribution in [0.3, 0.4) is 0 Å². The van der Waals surface area contributed by atoms with Crippen molar-refractivity contribution in [3.63, 3.8) is 0 Å². The number of likely N-dealkylation sites (tertiary alicyclic amines) is 1. The number of amides is 2. The number of carboxylic acids is 2. The molecule has 1 aliphatic rings. The van der Waals surface area contributed by atoms with Crippen molar-refractivity contribution in [2.24, 2.45) is 11.7 Å². The molecule has 0 bridgehead atoms. The first kappa shape index (κ1) is 30.0. The molecular weight excluding hydrogens is 497 g/mol. The van der Waals surface area contributed by atoms with Crippen LogP contribution >= 0.6 is 0 Å². The molecule has 1 unspecified atom stereocenters. The monoisotopic (exact) mass is 530 g/mol. The third-order valence-electron chi connectivity index (χ3n) is 6.53. The summed E-state index contributed by atoms with van der Waals surface area (Å²) < 4.78 is 40.3. The van der Waals surface area contributed by atoms with Crippen LogP contribution in [0.25, 0.3) is 0 Å². The molecule has 1 aromatic rings. The fourth-order valence-corrected chi connectivity index (χ4v) is 4.32. The lowest BCUT2D eigenvalue weighted by Crippen LogP contribution is -2.54. The Hall–Kier alpha value is -3.19. The average Bonchev–Trinajstić information content (AvgIpc) is 3.23. The number of aliphatic carboxylic acids is 2. The van der Waals surface area contributed by atoms with Gasteiger partial charge in [-0.1, -0.05) is 20.3 Å². The van der Waals surface area contributed by atoms with Gasteiger partial charge in [0.05, 0.1) is 6.04 Å². The van der Waals surface area contributed by atoms with E-state index in [4.69, 9.17) is 5.73 Å². The van der Waals surface area contributed by atoms with Crippen LogP contribution in [0.1, 0.15) is 45.6 Å². The number of benzene rings is 1. The van der Waals surface area contributed by atoms with E-state index in [-0.39, 0.29) is 37.3 Å². The summed E-state index contributed by atoms with van der Waals surface area (Å²) >= 11 is 0. The zero-order chi connectivity index (χ0) is 28.0. The molecular formula is C24H33F3N4O6. The van der Waals surface area contributed by atoms with Crippen molar-refractivity contribution in [3.05, 3.63) is 35.1 Å². The lowest BCUT2D eigenvalue weighted by Gasteiger charge is -2.29. The molecule has 1 fully saturated rings. The molecule has 1 saturated heterocycles. The molecule has 1 aromatic carbocycles. The summed E-state index contributed by atoms with van der Waals surface area (Å²) in [6, 6.07) is -3.83. The maximum absolute atomic E-state index is 13.9. The van der Waals surface area contributed by atoms with Crippen LogP contribution in [0.5, 0.6) is 0 Å². The van der Waals surface area contributed by atoms with Gasteiger partial charge < -0.3 is 26.2 Å². The van der Waals surface area contributed by atoms with Crippen molar-refractivity contribution in [2.75, 3.05) is 6.54 Å². The van der Waals surface area contributed by atoms with E-state index in [2.05, 4.69) is 10.6 Å². The topological polar surface area (TPSA) is 162 Å². The zero-order valence-corrected chi connectivity index (χ0v) is 20.8. The van der Waals surface area contributed by atoms with Crippen LogP contribution in [-0.2, 0) is 25.6 Å². The molecule has 2 amide bonds. The number of hydrogen-bond acceptors (Lipinski definition) is 6. The molecule has 10 nitrogen and oxygen atoms in total. The third kappa shape index (κ3) is 7.89. The maximum atomic E-state index is 13.9. The van der Waals surface area contributed by atoms with E-state index in [1.807, 2.05) is 6.92 Å². The maximum Gasteiger partial charge on any atom is 0.326 e. The van der Waals surface area contributed by atoms with Crippen LogP contribution in [0.4, 0.5) is 13.2 Å². The molecule has 206 valence electrons. The predicted octanol–water partition coefficient (Wildman–Crippen LogP) is 1.01. The summed E-state index contributed by atoms with van der Waals surface area (Å²) in [4.78, 5) is 49.9. The Balaban J connectivity index is 2.00. The minimum atomic E-state index is -1.34. The Labute approximate surface area is 212 Å². The number of halogens is 3. The molecule has 1 aliphatic heterocycles. The average molecular weight is 531 g/mol. The van der Waals surface area contributed by atoms with Gasteiger partial charge in [-0.2, -0.15) is 0 Å². The Morgan fingerprint density at radius 1 is 1.11 bits per heavy atom. The molecule has 0 spiro atoms. The minimum absolute atomic E-state index is 0.0830. The van der Waals surface area contributed by atoms with Gasteiger partial charge in [-0.05, 0) is 30.9 Å². The highest BCUT2D eigenvalue weighted by molar-refractivity contribution is 5.88. The van der Waals surface area contributed by atoms with Gasteiger partial charge in [0.2, 0.25) is 11.8 Å². The first-order valence-electron chi connectivity index (χ1n) is 12.0. The largest absolute Gasteiger partial charge is 0.480 e. The highest BCUT2D eigenvalue weighted by atomic mass is 19.2. The Morgan fingerprint density at radius 3 is 2.30 bits per heavy atom. The molecule has 0 radical (unpaired) electrons. The number of rotatable bonds is 12. The normalized spacial score (nSPS) is 20.7. The first-order chi connectivity index (χ1) is 17.2. The van der Waals surface area contributed by atoms with Crippen molar-refractivity contribution in [3.8, 4) is 0 Å². The van der Waals surface area contributed by atoms with Crippen molar-refractivity contribution < 1.29 is 42.6 Å². The number of hydrogen-bond donors (Lipinski definition) is 5. The smallest absolute Gasteiger partial charge is 0.326 e. The fraction of sp³-hybridized carbons (Fsp3) is 0.583. The molecule has 2 rings (SSSR count). The Morgan fingerprint density at radius 2 is 1.73 bits per heavy atom. The van der Waals surface area contributed by atoms with Gasteiger partial charge in [0.15, 0.2) is 11.6 Å². The van der Waals surface area contributed by atoms with Crippen LogP contribution in [0.15, 0.2) is 12.1 Å². The molecule has 13 heteroatoms. The van der Waals surface area contributed by atoms with E-state index in [0.717, 1.165) is 4.90 Å². The second kappa shape index (κ2) is 12.9. The fourth-order valence-electron chi connectivity index (χ4n) is 4.32. The number of carboxylic acid groups (broad SMARTS) is 2. The van der Waals surface area contributed by atoms with Crippen LogP contribution in [-0.4, -0.2) is 75.6 Å². The van der Waals surface area contributed by atoms with Crippen LogP contribution < -0.4 is 16.4 Å². The van der Waals surface area contributed by atoms with E-state index >= 15 is 0 Å². The second-order valence-corrected chi connectivity index (χ2v) is 9.46. The molecule has 0 saturated carbocycles. The number of carbonyl (C=O) groups is 4. The molecule has 6 N–H and O–H groups in total. The third-order valence-corrected chi connectivity index (χ3v) is 6.53. The summed E-state index contributed by atoms with van der Waals surface area (Å²) in [5, 5.41) is 24.4. The highest BCUT2D eigenvalue weighted by Crippen LogP contribution is 2.21. The van der Waals surface area contributed by atoms with Gasteiger partial charge >= 0.3 is 11.9 Å². The van der Waals surface area contributed by atoms with Gasteiger partial charge in [0, 0.05) is 37.5 Å². The first-order valence-corrected chi connectivity index (χ1v) is 12.0. The predicted molar refractivity (Wildman–Crippen MR) is 126 cm³/mol. The second-order valence-electron chi connectivity index (χ2n) is 9.46. The quantitative estimate of drug-likeness (QED) is 0.250. The summed E-state index contributed by atoms with van der Waals surface area (Å²) in [6.07, 6.45) is -0.0903. The van der Waals surface area contributed by atoms with E-state index in [9.17, 15) is 42.6 Å². The van der Waals surface area contributed by atoms with Gasteiger partial charge in [-0.25, -0.2) is 18.0 Å². The van der Waals surface area contributed by atoms with Crippen LogP contribution in [0.2, 0.25) is 0 Å². The van der Waals surface area contributed by atoms with Gasteiger partial charge in [0.1, 0.15) is 17.9 Å². The van der Waals surface area contributed by atoms with E-state index in [1.165, 1.54) is 6.92 Å². The summed E-state index contributed by atoms with van der Waals surface area (Å²) in [5.74, 6) is -7.48. The van der Waals surface area contributed by atoms with E-state index < -0.39 is 71.4 Å². The van der Waals surface area contributed by atoms with Gasteiger partial charge in [0.25, 0.3) is 0 Å². The molecule has 6 atom stereocenters. The number of nitrogens with zero attached hydrogens (tertiary/aromatic N) is 1.